The summed E-state index contributed by atoms with van der Waals surface area (Å²) in [6.07, 6.45) is 1.31. The van der Waals surface area contributed by atoms with Gasteiger partial charge in [-0.15, -0.1) is 0 Å². The number of aliphatic hydroxyl groups excluding tert-OH is 1. The first-order chi connectivity index (χ1) is 9.24. The van der Waals surface area contributed by atoms with Gasteiger partial charge < -0.3 is 28.8 Å². The summed E-state index contributed by atoms with van der Waals surface area (Å²) in [5.41, 5.74) is 0. The van der Waals surface area contributed by atoms with Gasteiger partial charge in [-0.25, -0.2) is 0 Å². The first kappa shape index (κ1) is 16.8. The van der Waals surface area contributed by atoms with E-state index < -0.39 is 12.2 Å². The van der Waals surface area contributed by atoms with Crippen LogP contribution in [0.5, 0.6) is 0 Å². The molecule has 1 heterocycles. The average Bonchev–Trinajstić information content (AvgIpc) is 3.25. The van der Waals surface area contributed by atoms with Crippen LogP contribution in [0, 0.1) is 0 Å². The normalized spacial score (nSPS) is 23.1. The van der Waals surface area contributed by atoms with Crippen LogP contribution < -0.4 is 0 Å². The van der Waals surface area contributed by atoms with Crippen molar-refractivity contribution in [3.63, 3.8) is 0 Å². The summed E-state index contributed by atoms with van der Waals surface area (Å²) >= 11 is 0. The topological polar surface area (TPSA) is 69.7 Å². The second-order valence-electron chi connectivity index (χ2n) is 4.65. The van der Waals surface area contributed by atoms with Gasteiger partial charge in [0.15, 0.2) is 0 Å². The predicted molar refractivity (Wildman–Crippen MR) is 68.8 cm³/mol. The smallest absolute Gasteiger partial charge is 0.146 e. The van der Waals surface area contributed by atoms with Gasteiger partial charge in [0.05, 0.1) is 12.7 Å². The Morgan fingerprint density at radius 2 is 1.84 bits per heavy atom. The van der Waals surface area contributed by atoms with E-state index in [2.05, 4.69) is 6.92 Å². The van der Waals surface area contributed by atoms with Crippen LogP contribution in [-0.4, -0.2) is 63.9 Å². The highest BCUT2D eigenvalue weighted by atomic mass is 16.7. The summed E-state index contributed by atoms with van der Waals surface area (Å²) in [6.45, 7) is 2.98. The average molecular weight is 278 g/mol. The molecule has 1 saturated heterocycles. The zero-order valence-corrected chi connectivity index (χ0v) is 12.0. The lowest BCUT2D eigenvalue weighted by molar-refractivity contribution is -0.189. The number of methoxy groups -OCH3 is 2. The summed E-state index contributed by atoms with van der Waals surface area (Å²) in [5.74, 6) is 0. The van der Waals surface area contributed by atoms with Crippen molar-refractivity contribution in [3.8, 4) is 0 Å². The van der Waals surface area contributed by atoms with Gasteiger partial charge in [0.2, 0.25) is 0 Å². The van der Waals surface area contributed by atoms with Crippen LogP contribution in [0.3, 0.4) is 0 Å². The molecule has 6 nitrogen and oxygen atoms in total. The molecule has 0 aliphatic carbocycles. The molecule has 1 aliphatic heterocycles. The van der Waals surface area contributed by atoms with Gasteiger partial charge in [-0.05, 0) is 6.42 Å². The van der Waals surface area contributed by atoms with Crippen LogP contribution in [0.4, 0.5) is 0 Å². The van der Waals surface area contributed by atoms with E-state index >= 15 is 0 Å². The van der Waals surface area contributed by atoms with Crippen LogP contribution >= 0.6 is 0 Å². The lowest BCUT2D eigenvalue weighted by atomic mass is 10.0. The van der Waals surface area contributed by atoms with Crippen molar-refractivity contribution in [2.75, 3.05) is 34.4 Å². The molecule has 19 heavy (non-hydrogen) atoms. The molecule has 0 amide bonds. The second kappa shape index (κ2) is 9.63. The number of epoxide rings is 1. The number of hydrogen-bond donors (Lipinski definition) is 1. The Morgan fingerprint density at radius 3 is 2.37 bits per heavy atom. The number of rotatable bonds is 12. The van der Waals surface area contributed by atoms with Gasteiger partial charge in [-0.3, -0.25) is 0 Å². The maximum atomic E-state index is 10.2. The van der Waals surface area contributed by atoms with Crippen LogP contribution in [0.25, 0.3) is 0 Å². The van der Waals surface area contributed by atoms with Crippen molar-refractivity contribution in [2.45, 2.75) is 50.6 Å². The van der Waals surface area contributed by atoms with Gasteiger partial charge in [0.1, 0.15) is 31.9 Å². The van der Waals surface area contributed by atoms with Crippen molar-refractivity contribution in [3.05, 3.63) is 0 Å². The van der Waals surface area contributed by atoms with Gasteiger partial charge >= 0.3 is 0 Å². The highest BCUT2D eigenvalue weighted by molar-refractivity contribution is 4.89. The second-order valence-corrected chi connectivity index (χ2v) is 4.65. The van der Waals surface area contributed by atoms with Gasteiger partial charge in [-0.1, -0.05) is 19.8 Å². The van der Waals surface area contributed by atoms with E-state index in [1.165, 1.54) is 0 Å². The first-order valence-corrected chi connectivity index (χ1v) is 6.75. The molecule has 0 aromatic heterocycles. The van der Waals surface area contributed by atoms with Crippen LogP contribution in [0.1, 0.15) is 26.2 Å². The molecular formula is C13H26O6. The quantitative estimate of drug-likeness (QED) is 0.423. The fourth-order valence-electron chi connectivity index (χ4n) is 1.94. The lowest BCUT2D eigenvalue weighted by Gasteiger charge is -2.30. The molecule has 1 rings (SSSR count). The number of aliphatic hydroxyl groups is 1. The van der Waals surface area contributed by atoms with Crippen molar-refractivity contribution in [1.82, 2.24) is 0 Å². The van der Waals surface area contributed by atoms with Gasteiger partial charge in [0.25, 0.3) is 0 Å². The Balaban J connectivity index is 2.57. The molecular weight excluding hydrogens is 252 g/mol. The van der Waals surface area contributed by atoms with E-state index in [9.17, 15) is 5.11 Å². The van der Waals surface area contributed by atoms with E-state index in [4.69, 9.17) is 23.7 Å². The lowest BCUT2D eigenvalue weighted by Crippen LogP contribution is -2.44. The minimum Gasteiger partial charge on any atom is -0.387 e. The Bertz CT molecular complexity index is 213. The molecule has 0 radical (unpaired) electrons. The van der Waals surface area contributed by atoms with Crippen molar-refractivity contribution in [2.24, 2.45) is 0 Å². The minimum absolute atomic E-state index is 0.118. The summed E-state index contributed by atoms with van der Waals surface area (Å²) < 4.78 is 26.2. The molecule has 0 spiro atoms. The highest BCUT2D eigenvalue weighted by Crippen LogP contribution is 2.24. The van der Waals surface area contributed by atoms with Crippen molar-refractivity contribution in [1.29, 1.82) is 0 Å². The molecule has 114 valence electrons. The zero-order chi connectivity index (χ0) is 14.1. The predicted octanol–water partition coefficient (Wildman–Crippen LogP) is 0.914. The third kappa shape index (κ3) is 6.16. The van der Waals surface area contributed by atoms with Crippen LogP contribution in [0.2, 0.25) is 0 Å². The van der Waals surface area contributed by atoms with Gasteiger partial charge in [0, 0.05) is 14.2 Å². The first-order valence-electron chi connectivity index (χ1n) is 6.75. The maximum absolute atomic E-state index is 10.2. The zero-order valence-electron chi connectivity index (χ0n) is 12.0. The number of hydrogen-bond acceptors (Lipinski definition) is 6. The molecule has 1 N–H and O–H groups in total. The van der Waals surface area contributed by atoms with Crippen LogP contribution in [0.15, 0.2) is 0 Å². The van der Waals surface area contributed by atoms with E-state index in [1.54, 1.807) is 14.2 Å². The Kier molecular flexibility index (Phi) is 8.52. The third-order valence-corrected chi connectivity index (χ3v) is 3.06. The molecule has 0 aromatic carbocycles. The SMILES string of the molecule is CCCC[C@H](OCOC)[C@@H](OCOC)[C@H](O)[C@H]1CO1. The van der Waals surface area contributed by atoms with E-state index in [0.717, 1.165) is 19.3 Å². The fourth-order valence-corrected chi connectivity index (χ4v) is 1.94. The molecule has 0 unspecified atom stereocenters. The van der Waals surface area contributed by atoms with Crippen LogP contribution in [-0.2, 0) is 23.7 Å². The maximum Gasteiger partial charge on any atom is 0.146 e. The molecule has 1 fully saturated rings. The molecule has 0 saturated carbocycles. The molecule has 0 bridgehead atoms. The highest BCUT2D eigenvalue weighted by Gasteiger charge is 2.41. The number of ether oxygens (including phenoxy) is 5. The number of unbranched alkanes of at least 4 members (excludes halogenated alkanes) is 1. The fraction of sp³-hybridized carbons (Fsp3) is 1.00. The third-order valence-electron chi connectivity index (χ3n) is 3.06. The van der Waals surface area contributed by atoms with Gasteiger partial charge in [-0.2, -0.15) is 0 Å². The largest absolute Gasteiger partial charge is 0.387 e. The summed E-state index contributed by atoms with van der Waals surface area (Å²) in [6, 6.07) is 0. The Morgan fingerprint density at radius 1 is 1.21 bits per heavy atom. The standard InChI is InChI=1S/C13H26O6/c1-4-5-6-10(18-8-15-2)13(19-9-16-3)12(14)11-7-17-11/h10-14H,4-9H2,1-3H3/t10-,11+,12+,13+/m0/s1. The van der Waals surface area contributed by atoms with E-state index in [0.29, 0.717) is 6.61 Å². The molecule has 1 aliphatic rings. The van der Waals surface area contributed by atoms with Crippen molar-refractivity contribution < 1.29 is 28.8 Å². The summed E-state index contributed by atoms with van der Waals surface area (Å²) in [5, 5.41) is 10.2. The van der Waals surface area contributed by atoms with Crippen molar-refractivity contribution >= 4 is 0 Å². The molecule has 0 aromatic rings. The Hall–Kier alpha value is -0.240. The monoisotopic (exact) mass is 278 g/mol. The van der Waals surface area contributed by atoms with E-state index in [1.807, 2.05) is 0 Å². The summed E-state index contributed by atoms with van der Waals surface area (Å²) in [7, 11) is 3.12. The summed E-state index contributed by atoms with van der Waals surface area (Å²) in [4.78, 5) is 0. The molecule has 4 atom stereocenters. The van der Waals surface area contributed by atoms with E-state index in [-0.39, 0.29) is 25.8 Å². The molecule has 6 heteroatoms. The Labute approximate surface area is 114 Å². The minimum atomic E-state index is -0.700.